The maximum atomic E-state index is 4.93. The first-order valence-electron chi connectivity index (χ1n) is 6.35. The van der Waals surface area contributed by atoms with Crippen molar-refractivity contribution in [2.75, 3.05) is 6.54 Å². The molecule has 0 saturated heterocycles. The third-order valence-electron chi connectivity index (χ3n) is 2.88. The van der Waals surface area contributed by atoms with Crippen molar-refractivity contribution in [3.05, 3.63) is 48.2 Å². The molecule has 0 amide bonds. The minimum absolute atomic E-state index is 0.626. The molecule has 0 aliphatic heterocycles. The molecule has 1 aromatic carbocycles. The van der Waals surface area contributed by atoms with Gasteiger partial charge in [0.05, 0.1) is 0 Å². The molecule has 0 aliphatic rings. The number of rotatable bonds is 6. The van der Waals surface area contributed by atoms with Crippen molar-refractivity contribution < 1.29 is 4.52 Å². The van der Waals surface area contributed by atoms with E-state index in [2.05, 4.69) is 30.9 Å². The summed E-state index contributed by atoms with van der Waals surface area (Å²) in [5.41, 5.74) is 2.81. The van der Waals surface area contributed by atoms with Gasteiger partial charge in [-0.25, -0.2) is 0 Å². The molecule has 3 aromatic rings. The molecule has 0 fully saturated rings. The SMILES string of the molecule is c1ccc(-c2n[nH]nc2CNCCc2ncno2)cc1. The van der Waals surface area contributed by atoms with Crippen LogP contribution in [0.2, 0.25) is 0 Å². The Hall–Kier alpha value is -2.54. The van der Waals surface area contributed by atoms with Crippen molar-refractivity contribution in [2.45, 2.75) is 13.0 Å². The zero-order chi connectivity index (χ0) is 13.6. The zero-order valence-corrected chi connectivity index (χ0v) is 10.8. The van der Waals surface area contributed by atoms with Gasteiger partial charge in [-0.2, -0.15) is 20.4 Å². The smallest absolute Gasteiger partial charge is 0.227 e. The summed E-state index contributed by atoms with van der Waals surface area (Å²) in [6.45, 7) is 1.37. The predicted octanol–water partition coefficient (Wildman–Crippen LogP) is 1.19. The van der Waals surface area contributed by atoms with Gasteiger partial charge in [-0.15, -0.1) is 0 Å². The molecule has 2 N–H and O–H groups in total. The fraction of sp³-hybridized carbons (Fsp3) is 0.231. The summed E-state index contributed by atoms with van der Waals surface area (Å²) in [5.74, 6) is 0.626. The summed E-state index contributed by atoms with van der Waals surface area (Å²) in [4.78, 5) is 3.96. The Balaban J connectivity index is 1.57. The normalized spacial score (nSPS) is 10.8. The Kier molecular flexibility index (Phi) is 3.79. The van der Waals surface area contributed by atoms with E-state index in [1.54, 1.807) is 0 Å². The number of H-pyrrole nitrogens is 1. The number of hydrogen-bond acceptors (Lipinski definition) is 6. The van der Waals surface area contributed by atoms with E-state index in [-0.39, 0.29) is 0 Å². The third-order valence-corrected chi connectivity index (χ3v) is 2.88. The van der Waals surface area contributed by atoms with Crippen molar-refractivity contribution in [1.82, 2.24) is 30.9 Å². The number of hydrogen-bond donors (Lipinski definition) is 2. The van der Waals surface area contributed by atoms with Gasteiger partial charge in [0.1, 0.15) is 11.4 Å². The second-order valence-corrected chi connectivity index (χ2v) is 4.25. The van der Waals surface area contributed by atoms with Crippen molar-refractivity contribution >= 4 is 0 Å². The average molecular weight is 270 g/mol. The summed E-state index contributed by atoms with van der Waals surface area (Å²) in [6, 6.07) is 9.97. The molecule has 0 aliphatic carbocycles. The lowest BCUT2D eigenvalue weighted by molar-refractivity contribution is 0.374. The van der Waals surface area contributed by atoms with Gasteiger partial charge in [0.2, 0.25) is 5.89 Å². The van der Waals surface area contributed by atoms with Gasteiger partial charge in [-0.05, 0) is 0 Å². The van der Waals surface area contributed by atoms with Crippen molar-refractivity contribution in [1.29, 1.82) is 0 Å². The first-order valence-corrected chi connectivity index (χ1v) is 6.35. The molecule has 2 heterocycles. The van der Waals surface area contributed by atoms with Crippen LogP contribution in [0.3, 0.4) is 0 Å². The van der Waals surface area contributed by atoms with Crippen LogP contribution >= 0.6 is 0 Å². The van der Waals surface area contributed by atoms with E-state index in [1.165, 1.54) is 6.33 Å². The Bertz CT molecular complexity index is 634. The molecular formula is C13H14N6O. The monoisotopic (exact) mass is 270 g/mol. The number of nitrogens with one attached hydrogen (secondary N) is 2. The van der Waals surface area contributed by atoms with E-state index in [0.29, 0.717) is 18.9 Å². The summed E-state index contributed by atoms with van der Waals surface area (Å²) < 4.78 is 4.93. The maximum absolute atomic E-state index is 4.93. The van der Waals surface area contributed by atoms with E-state index in [1.807, 2.05) is 30.3 Å². The Morgan fingerprint density at radius 1 is 1.15 bits per heavy atom. The standard InChI is InChI=1S/C13H14N6O/c1-2-4-10(5-3-1)13-11(17-19-18-13)8-14-7-6-12-15-9-16-20-12/h1-5,9,14H,6-8H2,(H,17,18,19). The van der Waals surface area contributed by atoms with Crippen molar-refractivity contribution in [2.24, 2.45) is 0 Å². The lowest BCUT2D eigenvalue weighted by Gasteiger charge is -2.02. The van der Waals surface area contributed by atoms with Gasteiger partial charge in [0.25, 0.3) is 0 Å². The summed E-state index contributed by atoms with van der Waals surface area (Å²) in [6.07, 6.45) is 2.10. The molecule has 20 heavy (non-hydrogen) atoms. The van der Waals surface area contributed by atoms with Crippen LogP contribution in [0.4, 0.5) is 0 Å². The highest BCUT2D eigenvalue weighted by Gasteiger charge is 2.09. The minimum Gasteiger partial charge on any atom is -0.340 e. The molecule has 7 heteroatoms. The van der Waals surface area contributed by atoms with Crippen LogP contribution in [0, 0.1) is 0 Å². The summed E-state index contributed by atoms with van der Waals surface area (Å²) >= 11 is 0. The largest absolute Gasteiger partial charge is 0.340 e. The molecule has 102 valence electrons. The summed E-state index contributed by atoms with van der Waals surface area (Å²) in [5, 5.41) is 17.9. The second-order valence-electron chi connectivity index (χ2n) is 4.25. The molecule has 0 atom stereocenters. The van der Waals surface area contributed by atoms with Crippen LogP contribution in [-0.4, -0.2) is 32.1 Å². The molecule has 0 spiro atoms. The van der Waals surface area contributed by atoms with Crippen LogP contribution in [-0.2, 0) is 13.0 Å². The zero-order valence-electron chi connectivity index (χ0n) is 10.8. The molecule has 0 radical (unpaired) electrons. The molecule has 0 bridgehead atoms. The lowest BCUT2D eigenvalue weighted by Crippen LogP contribution is -2.17. The van der Waals surface area contributed by atoms with Gasteiger partial charge in [0, 0.05) is 25.1 Å². The van der Waals surface area contributed by atoms with E-state index >= 15 is 0 Å². The fourth-order valence-corrected chi connectivity index (χ4v) is 1.91. The highest BCUT2D eigenvalue weighted by molar-refractivity contribution is 5.60. The van der Waals surface area contributed by atoms with Crippen LogP contribution < -0.4 is 5.32 Å². The minimum atomic E-state index is 0.626. The number of aromatic nitrogens is 5. The first-order chi connectivity index (χ1) is 9.93. The van der Waals surface area contributed by atoms with Crippen molar-refractivity contribution in [3.8, 4) is 11.3 Å². The molecule has 0 saturated carbocycles. The number of aromatic amines is 1. The Labute approximate surface area is 115 Å². The van der Waals surface area contributed by atoms with Gasteiger partial charge in [0.15, 0.2) is 6.33 Å². The lowest BCUT2D eigenvalue weighted by atomic mass is 10.1. The fourth-order valence-electron chi connectivity index (χ4n) is 1.91. The molecule has 2 aromatic heterocycles. The second kappa shape index (κ2) is 6.07. The Morgan fingerprint density at radius 3 is 2.85 bits per heavy atom. The highest BCUT2D eigenvalue weighted by atomic mass is 16.5. The van der Waals surface area contributed by atoms with Crippen LogP contribution in [0.25, 0.3) is 11.3 Å². The molecule has 7 nitrogen and oxygen atoms in total. The average Bonchev–Trinajstić information content (AvgIpc) is 3.16. The first kappa shape index (κ1) is 12.5. The van der Waals surface area contributed by atoms with Crippen molar-refractivity contribution in [3.63, 3.8) is 0 Å². The van der Waals surface area contributed by atoms with Crippen LogP contribution in [0.1, 0.15) is 11.6 Å². The third kappa shape index (κ3) is 2.89. The Morgan fingerprint density at radius 2 is 2.05 bits per heavy atom. The van der Waals surface area contributed by atoms with Gasteiger partial charge in [-0.3, -0.25) is 0 Å². The predicted molar refractivity (Wildman–Crippen MR) is 71.5 cm³/mol. The number of benzene rings is 1. The van der Waals surface area contributed by atoms with Gasteiger partial charge in [-0.1, -0.05) is 35.5 Å². The van der Waals surface area contributed by atoms with Crippen LogP contribution in [0.15, 0.2) is 41.2 Å². The molecule has 3 rings (SSSR count). The van der Waals surface area contributed by atoms with E-state index in [0.717, 1.165) is 23.5 Å². The summed E-state index contributed by atoms with van der Waals surface area (Å²) in [7, 11) is 0. The van der Waals surface area contributed by atoms with Crippen LogP contribution in [0.5, 0.6) is 0 Å². The molecular weight excluding hydrogens is 256 g/mol. The van der Waals surface area contributed by atoms with E-state index < -0.39 is 0 Å². The topological polar surface area (TPSA) is 92.5 Å². The van der Waals surface area contributed by atoms with E-state index in [9.17, 15) is 0 Å². The maximum Gasteiger partial charge on any atom is 0.227 e. The highest BCUT2D eigenvalue weighted by Crippen LogP contribution is 2.18. The van der Waals surface area contributed by atoms with Gasteiger partial charge >= 0.3 is 0 Å². The molecule has 0 unspecified atom stereocenters. The van der Waals surface area contributed by atoms with Gasteiger partial charge < -0.3 is 9.84 Å². The van der Waals surface area contributed by atoms with E-state index in [4.69, 9.17) is 4.52 Å². The number of nitrogens with zero attached hydrogens (tertiary/aromatic N) is 4. The quantitative estimate of drug-likeness (QED) is 0.653.